The third-order valence-electron chi connectivity index (χ3n) is 4.42. The third-order valence-corrected chi connectivity index (χ3v) is 4.42. The zero-order chi connectivity index (χ0) is 11.4. The first-order valence-electron chi connectivity index (χ1n) is 7.27. The van der Waals surface area contributed by atoms with Crippen LogP contribution in [0.4, 0.5) is 0 Å². The Hall–Kier alpha value is -0.0800. The van der Waals surface area contributed by atoms with Crippen molar-refractivity contribution in [2.45, 2.75) is 64.5 Å². The summed E-state index contributed by atoms with van der Waals surface area (Å²) in [5.74, 6) is 1.05. The first-order valence-corrected chi connectivity index (χ1v) is 7.27. The van der Waals surface area contributed by atoms with Gasteiger partial charge in [0.2, 0.25) is 0 Å². The van der Waals surface area contributed by atoms with Crippen molar-refractivity contribution < 1.29 is 0 Å². The van der Waals surface area contributed by atoms with Crippen molar-refractivity contribution in [3.8, 4) is 0 Å². The third kappa shape index (κ3) is 2.98. The standard InChI is InChI=1S/C14H28N2/c1-3-8-15-9-4-5-12(2)16-11-13-6-7-14(16)10-13/h12-15H,3-11H2,1-2H3. The van der Waals surface area contributed by atoms with E-state index in [0.717, 1.165) is 18.0 Å². The van der Waals surface area contributed by atoms with Crippen molar-refractivity contribution in [3.05, 3.63) is 0 Å². The Kier molecular flexibility index (Phi) is 4.66. The van der Waals surface area contributed by atoms with Crippen molar-refractivity contribution in [2.75, 3.05) is 19.6 Å². The second-order valence-corrected chi connectivity index (χ2v) is 5.77. The molecule has 0 radical (unpaired) electrons. The van der Waals surface area contributed by atoms with Crippen LogP contribution < -0.4 is 5.32 Å². The molecule has 0 aromatic rings. The molecule has 1 saturated carbocycles. The van der Waals surface area contributed by atoms with Crippen LogP contribution in [0.15, 0.2) is 0 Å². The number of fused-ring (bicyclic) bond motifs is 2. The SMILES string of the molecule is CCCNCCCC(C)N1CC2CCC1C2. The van der Waals surface area contributed by atoms with Gasteiger partial charge >= 0.3 is 0 Å². The van der Waals surface area contributed by atoms with Crippen LogP contribution in [0.3, 0.4) is 0 Å². The highest BCUT2D eigenvalue weighted by molar-refractivity contribution is 4.94. The molecule has 1 saturated heterocycles. The number of nitrogens with one attached hydrogen (secondary N) is 1. The van der Waals surface area contributed by atoms with Gasteiger partial charge in [0.05, 0.1) is 0 Å². The maximum atomic E-state index is 3.50. The van der Waals surface area contributed by atoms with Crippen molar-refractivity contribution in [3.63, 3.8) is 0 Å². The molecule has 1 heterocycles. The zero-order valence-electron chi connectivity index (χ0n) is 11.0. The maximum absolute atomic E-state index is 3.50. The molecule has 2 aliphatic rings. The molecular weight excluding hydrogens is 196 g/mol. The molecule has 2 bridgehead atoms. The summed E-state index contributed by atoms with van der Waals surface area (Å²) in [4.78, 5) is 2.79. The molecule has 2 nitrogen and oxygen atoms in total. The van der Waals surface area contributed by atoms with Gasteiger partial charge in [0.1, 0.15) is 0 Å². The fourth-order valence-electron chi connectivity index (χ4n) is 3.49. The average Bonchev–Trinajstić information content (AvgIpc) is 2.90. The Balaban J connectivity index is 1.59. The minimum absolute atomic E-state index is 0.818. The highest BCUT2D eigenvalue weighted by Gasteiger charge is 2.39. The van der Waals surface area contributed by atoms with E-state index in [0.29, 0.717) is 0 Å². The van der Waals surface area contributed by atoms with E-state index >= 15 is 0 Å². The molecule has 2 rings (SSSR count). The number of likely N-dealkylation sites (tertiary alicyclic amines) is 1. The highest BCUT2D eigenvalue weighted by atomic mass is 15.2. The topological polar surface area (TPSA) is 15.3 Å². The van der Waals surface area contributed by atoms with E-state index in [4.69, 9.17) is 0 Å². The van der Waals surface area contributed by atoms with Gasteiger partial charge in [0, 0.05) is 18.6 Å². The summed E-state index contributed by atoms with van der Waals surface area (Å²) in [5.41, 5.74) is 0. The summed E-state index contributed by atoms with van der Waals surface area (Å²) >= 11 is 0. The van der Waals surface area contributed by atoms with Crippen molar-refractivity contribution >= 4 is 0 Å². The van der Waals surface area contributed by atoms with Crippen LogP contribution in [0, 0.1) is 5.92 Å². The molecule has 94 valence electrons. The molecule has 3 atom stereocenters. The lowest BCUT2D eigenvalue weighted by Gasteiger charge is -2.32. The number of rotatable bonds is 7. The van der Waals surface area contributed by atoms with Gasteiger partial charge in [-0.15, -0.1) is 0 Å². The lowest BCUT2D eigenvalue weighted by atomic mass is 10.1. The second kappa shape index (κ2) is 6.02. The quantitative estimate of drug-likeness (QED) is 0.669. The summed E-state index contributed by atoms with van der Waals surface area (Å²) in [5, 5.41) is 3.50. The van der Waals surface area contributed by atoms with E-state index in [1.807, 2.05) is 0 Å². The van der Waals surface area contributed by atoms with Crippen molar-refractivity contribution in [1.29, 1.82) is 0 Å². The molecule has 1 aliphatic carbocycles. The lowest BCUT2D eigenvalue weighted by molar-refractivity contribution is 0.150. The number of piperidine rings is 1. The van der Waals surface area contributed by atoms with Crippen LogP contribution in [0.1, 0.15) is 52.4 Å². The highest BCUT2D eigenvalue weighted by Crippen LogP contribution is 2.38. The summed E-state index contributed by atoms with van der Waals surface area (Å²) in [6.07, 6.45) is 8.45. The Bertz CT molecular complexity index is 205. The van der Waals surface area contributed by atoms with E-state index in [-0.39, 0.29) is 0 Å². The molecule has 1 aliphatic heterocycles. The minimum atomic E-state index is 0.818. The van der Waals surface area contributed by atoms with Crippen LogP contribution >= 0.6 is 0 Å². The molecule has 0 aromatic heterocycles. The Morgan fingerprint density at radius 2 is 2.19 bits per heavy atom. The number of hydrogen-bond donors (Lipinski definition) is 1. The van der Waals surface area contributed by atoms with Crippen LogP contribution in [-0.4, -0.2) is 36.6 Å². The van der Waals surface area contributed by atoms with Crippen LogP contribution in [0.2, 0.25) is 0 Å². The summed E-state index contributed by atoms with van der Waals surface area (Å²) in [7, 11) is 0. The normalized spacial score (nSPS) is 31.1. The fraction of sp³-hybridized carbons (Fsp3) is 1.00. The maximum Gasteiger partial charge on any atom is 0.0101 e. The van der Waals surface area contributed by atoms with Crippen LogP contribution in [0.25, 0.3) is 0 Å². The smallest absolute Gasteiger partial charge is 0.0101 e. The lowest BCUT2D eigenvalue weighted by Crippen LogP contribution is -2.39. The monoisotopic (exact) mass is 224 g/mol. The Labute approximate surface area is 101 Å². The zero-order valence-corrected chi connectivity index (χ0v) is 11.0. The van der Waals surface area contributed by atoms with Crippen molar-refractivity contribution in [2.24, 2.45) is 5.92 Å². The van der Waals surface area contributed by atoms with E-state index in [9.17, 15) is 0 Å². The van der Waals surface area contributed by atoms with Crippen LogP contribution in [-0.2, 0) is 0 Å². The number of hydrogen-bond acceptors (Lipinski definition) is 2. The Morgan fingerprint density at radius 3 is 2.81 bits per heavy atom. The predicted molar refractivity (Wildman–Crippen MR) is 69.7 cm³/mol. The molecule has 1 N–H and O–H groups in total. The molecule has 0 spiro atoms. The fourth-order valence-corrected chi connectivity index (χ4v) is 3.49. The van der Waals surface area contributed by atoms with Gasteiger partial charge in [0.15, 0.2) is 0 Å². The van der Waals surface area contributed by atoms with Gasteiger partial charge in [-0.25, -0.2) is 0 Å². The first kappa shape index (κ1) is 12.4. The number of nitrogens with zero attached hydrogens (tertiary/aromatic N) is 1. The largest absolute Gasteiger partial charge is 0.317 e. The molecule has 2 fully saturated rings. The summed E-state index contributed by atoms with van der Waals surface area (Å²) < 4.78 is 0. The Morgan fingerprint density at radius 1 is 1.31 bits per heavy atom. The minimum Gasteiger partial charge on any atom is -0.317 e. The van der Waals surface area contributed by atoms with Gasteiger partial charge in [0.25, 0.3) is 0 Å². The van der Waals surface area contributed by atoms with E-state index < -0.39 is 0 Å². The summed E-state index contributed by atoms with van der Waals surface area (Å²) in [6.45, 7) is 8.45. The molecule has 2 heteroatoms. The molecule has 16 heavy (non-hydrogen) atoms. The van der Waals surface area contributed by atoms with Gasteiger partial charge < -0.3 is 5.32 Å². The van der Waals surface area contributed by atoms with Gasteiger partial charge in [-0.05, 0) is 64.5 Å². The average molecular weight is 224 g/mol. The van der Waals surface area contributed by atoms with Gasteiger partial charge in [-0.1, -0.05) is 6.92 Å². The predicted octanol–water partition coefficient (Wildman–Crippen LogP) is 2.64. The summed E-state index contributed by atoms with van der Waals surface area (Å²) in [6, 6.07) is 1.77. The van der Waals surface area contributed by atoms with E-state index in [2.05, 4.69) is 24.1 Å². The van der Waals surface area contributed by atoms with Gasteiger partial charge in [-0.2, -0.15) is 0 Å². The van der Waals surface area contributed by atoms with Crippen LogP contribution in [0.5, 0.6) is 0 Å². The second-order valence-electron chi connectivity index (χ2n) is 5.77. The molecule has 0 aromatic carbocycles. The molecule has 0 amide bonds. The molecule has 3 unspecified atom stereocenters. The first-order chi connectivity index (χ1) is 7.81. The van der Waals surface area contributed by atoms with E-state index in [1.165, 1.54) is 58.2 Å². The van der Waals surface area contributed by atoms with Gasteiger partial charge in [-0.3, -0.25) is 4.90 Å². The van der Waals surface area contributed by atoms with E-state index in [1.54, 1.807) is 0 Å². The molecular formula is C14H28N2. The van der Waals surface area contributed by atoms with Crippen molar-refractivity contribution in [1.82, 2.24) is 10.2 Å².